The maximum atomic E-state index is 6.34. The molecular formula is C26H23BO4. The maximum absolute atomic E-state index is 6.34. The quantitative estimate of drug-likeness (QED) is 0.321. The van der Waals surface area contributed by atoms with Crippen LogP contribution < -0.4 is 5.66 Å². The number of hydrogen-bond donors (Lipinski definition) is 0. The molecule has 4 nitrogen and oxygen atoms in total. The normalized spacial score (nSPS) is 17.9. The van der Waals surface area contributed by atoms with Gasteiger partial charge in [-0.1, -0.05) is 42.5 Å². The van der Waals surface area contributed by atoms with Crippen LogP contribution >= 0.6 is 0 Å². The second kappa shape index (κ2) is 6.25. The van der Waals surface area contributed by atoms with Gasteiger partial charge in [0.2, 0.25) is 0 Å². The lowest BCUT2D eigenvalue weighted by Crippen LogP contribution is -2.41. The first-order valence-corrected chi connectivity index (χ1v) is 10.6. The summed E-state index contributed by atoms with van der Waals surface area (Å²) >= 11 is 0. The summed E-state index contributed by atoms with van der Waals surface area (Å²) in [5.41, 5.74) is 4.34. The van der Waals surface area contributed by atoms with Gasteiger partial charge in [0, 0.05) is 21.7 Å². The van der Waals surface area contributed by atoms with Gasteiger partial charge >= 0.3 is 7.12 Å². The van der Waals surface area contributed by atoms with Crippen LogP contribution in [0.3, 0.4) is 0 Å². The zero-order valence-electron chi connectivity index (χ0n) is 18.1. The van der Waals surface area contributed by atoms with E-state index >= 15 is 0 Å². The van der Waals surface area contributed by atoms with Gasteiger partial charge in [-0.3, -0.25) is 0 Å². The third kappa shape index (κ3) is 2.70. The molecular weight excluding hydrogens is 387 g/mol. The Morgan fingerprint density at radius 1 is 0.613 bits per heavy atom. The molecule has 0 saturated carbocycles. The molecule has 1 aliphatic rings. The monoisotopic (exact) mass is 410 g/mol. The molecule has 0 amide bonds. The molecule has 3 heterocycles. The highest BCUT2D eigenvalue weighted by molar-refractivity contribution is 6.63. The Bertz CT molecular complexity index is 1440. The standard InChI is InChI=1S/C26H23BO4/c1-25(2)26(3,4)31-27(30-25)24-23(19-10-6-8-12-21(19)29-24)16-13-14-18-17-9-5-7-11-20(17)28-22(18)15-16/h5-15H,1-4H3. The van der Waals surface area contributed by atoms with Crippen molar-refractivity contribution in [3.8, 4) is 11.1 Å². The minimum Gasteiger partial charge on any atom is -0.464 e. The first-order valence-electron chi connectivity index (χ1n) is 10.6. The molecule has 1 saturated heterocycles. The molecule has 1 aliphatic heterocycles. The van der Waals surface area contributed by atoms with E-state index in [1.54, 1.807) is 0 Å². The van der Waals surface area contributed by atoms with Gasteiger partial charge < -0.3 is 18.1 Å². The number of fused-ring (bicyclic) bond motifs is 4. The van der Waals surface area contributed by atoms with Crippen LogP contribution in [0.1, 0.15) is 27.7 Å². The Hall–Kier alpha value is -3.02. The average molecular weight is 410 g/mol. The summed E-state index contributed by atoms with van der Waals surface area (Å²) in [6.07, 6.45) is 0. The van der Waals surface area contributed by atoms with Crippen LogP contribution in [-0.4, -0.2) is 18.3 Å². The Balaban J connectivity index is 1.57. The van der Waals surface area contributed by atoms with Gasteiger partial charge in [0.25, 0.3) is 0 Å². The summed E-state index contributed by atoms with van der Waals surface area (Å²) in [6, 6.07) is 22.5. The zero-order valence-corrected chi connectivity index (χ0v) is 18.1. The summed E-state index contributed by atoms with van der Waals surface area (Å²) in [6.45, 7) is 8.21. The average Bonchev–Trinajstić information content (AvgIpc) is 3.36. The van der Waals surface area contributed by atoms with Crippen LogP contribution in [0.5, 0.6) is 0 Å². The number of furan rings is 2. The number of rotatable bonds is 2. The van der Waals surface area contributed by atoms with Crippen molar-refractivity contribution in [1.82, 2.24) is 0 Å². The van der Waals surface area contributed by atoms with E-state index in [0.717, 1.165) is 44.0 Å². The Kier molecular flexibility index (Phi) is 3.78. The molecule has 0 N–H and O–H groups in total. The molecule has 31 heavy (non-hydrogen) atoms. The largest absolute Gasteiger partial charge is 0.533 e. The lowest BCUT2D eigenvalue weighted by atomic mass is 9.80. The lowest BCUT2D eigenvalue weighted by Gasteiger charge is -2.32. The lowest BCUT2D eigenvalue weighted by molar-refractivity contribution is 0.00578. The zero-order chi connectivity index (χ0) is 21.4. The van der Waals surface area contributed by atoms with Crippen LogP contribution in [0.15, 0.2) is 75.6 Å². The van der Waals surface area contributed by atoms with Crippen molar-refractivity contribution in [3.05, 3.63) is 66.7 Å². The maximum Gasteiger partial charge on any atom is 0.533 e. The molecule has 3 aromatic carbocycles. The summed E-state index contributed by atoms with van der Waals surface area (Å²) in [4.78, 5) is 0. The topological polar surface area (TPSA) is 44.7 Å². The molecule has 0 bridgehead atoms. The third-order valence-electron chi connectivity index (χ3n) is 6.76. The molecule has 0 atom stereocenters. The van der Waals surface area contributed by atoms with Crippen LogP contribution in [0.25, 0.3) is 44.0 Å². The van der Waals surface area contributed by atoms with Crippen LogP contribution in [0.4, 0.5) is 0 Å². The third-order valence-corrected chi connectivity index (χ3v) is 6.76. The molecule has 0 spiro atoms. The van der Waals surface area contributed by atoms with Crippen molar-refractivity contribution >= 4 is 45.7 Å². The minimum atomic E-state index is -0.584. The van der Waals surface area contributed by atoms with Gasteiger partial charge in [-0.2, -0.15) is 0 Å². The highest BCUT2D eigenvalue weighted by Gasteiger charge is 2.54. The fraction of sp³-hybridized carbons (Fsp3) is 0.231. The number of para-hydroxylation sites is 2. The molecule has 1 fully saturated rings. The van der Waals surface area contributed by atoms with Crippen molar-refractivity contribution in [3.63, 3.8) is 0 Å². The SMILES string of the molecule is CC1(C)OB(c2oc3ccccc3c2-c2ccc3c(c2)oc2ccccc23)OC1(C)C. The molecule has 0 radical (unpaired) electrons. The molecule has 154 valence electrons. The molecule has 2 aromatic heterocycles. The highest BCUT2D eigenvalue weighted by atomic mass is 16.7. The Labute approximate surface area is 180 Å². The van der Waals surface area contributed by atoms with Gasteiger partial charge in [0.1, 0.15) is 22.4 Å². The summed E-state index contributed by atoms with van der Waals surface area (Å²) in [5, 5.41) is 3.25. The van der Waals surface area contributed by atoms with Crippen LogP contribution in [-0.2, 0) is 9.31 Å². The van der Waals surface area contributed by atoms with Crippen LogP contribution in [0, 0.1) is 0 Å². The van der Waals surface area contributed by atoms with Crippen LogP contribution in [0.2, 0.25) is 0 Å². The second-order valence-corrected chi connectivity index (χ2v) is 9.23. The Morgan fingerprint density at radius 2 is 1.19 bits per heavy atom. The van der Waals surface area contributed by atoms with Gasteiger partial charge in [-0.15, -0.1) is 0 Å². The fourth-order valence-corrected chi connectivity index (χ4v) is 4.36. The number of benzene rings is 3. The van der Waals surface area contributed by atoms with Crippen molar-refractivity contribution in [2.24, 2.45) is 0 Å². The van der Waals surface area contributed by atoms with Gasteiger partial charge in [-0.05, 0) is 57.5 Å². The Morgan fingerprint density at radius 3 is 1.90 bits per heavy atom. The second-order valence-electron chi connectivity index (χ2n) is 9.23. The molecule has 5 aromatic rings. The molecule has 0 unspecified atom stereocenters. The van der Waals surface area contributed by atoms with E-state index < -0.39 is 18.3 Å². The van der Waals surface area contributed by atoms with E-state index in [-0.39, 0.29) is 0 Å². The fourth-order valence-electron chi connectivity index (χ4n) is 4.36. The molecule has 5 heteroatoms. The van der Waals surface area contributed by atoms with Crippen molar-refractivity contribution in [2.75, 3.05) is 0 Å². The first kappa shape index (κ1) is 18.7. The number of hydrogen-bond acceptors (Lipinski definition) is 4. The molecule has 6 rings (SSSR count). The highest BCUT2D eigenvalue weighted by Crippen LogP contribution is 2.40. The van der Waals surface area contributed by atoms with E-state index in [1.165, 1.54) is 0 Å². The summed E-state index contributed by atoms with van der Waals surface area (Å²) < 4.78 is 25.1. The van der Waals surface area contributed by atoms with E-state index in [2.05, 4.69) is 58.0 Å². The van der Waals surface area contributed by atoms with Gasteiger partial charge in [-0.25, -0.2) is 0 Å². The summed E-state index contributed by atoms with van der Waals surface area (Å²) in [5.74, 6) is 0. The predicted octanol–water partition coefficient (Wildman–Crippen LogP) is 6.30. The van der Waals surface area contributed by atoms with Crippen molar-refractivity contribution in [2.45, 2.75) is 38.9 Å². The van der Waals surface area contributed by atoms with E-state index in [1.807, 2.05) is 36.4 Å². The van der Waals surface area contributed by atoms with Crippen molar-refractivity contribution in [1.29, 1.82) is 0 Å². The first-order chi connectivity index (χ1) is 14.8. The van der Waals surface area contributed by atoms with E-state index in [9.17, 15) is 0 Å². The predicted molar refractivity (Wildman–Crippen MR) is 125 cm³/mol. The minimum absolute atomic E-state index is 0.448. The van der Waals surface area contributed by atoms with Crippen molar-refractivity contribution < 1.29 is 18.1 Å². The van der Waals surface area contributed by atoms with E-state index in [0.29, 0.717) is 5.66 Å². The van der Waals surface area contributed by atoms with Gasteiger partial charge in [0.05, 0.1) is 11.2 Å². The molecule has 0 aliphatic carbocycles. The van der Waals surface area contributed by atoms with E-state index in [4.69, 9.17) is 18.1 Å². The van der Waals surface area contributed by atoms with Gasteiger partial charge in [0.15, 0.2) is 0 Å². The smallest absolute Gasteiger partial charge is 0.464 e. The summed E-state index contributed by atoms with van der Waals surface area (Å²) in [7, 11) is -0.584.